The second kappa shape index (κ2) is 5.25. The molecule has 0 aliphatic carbocycles. The van der Waals surface area contributed by atoms with Crippen LogP contribution in [0, 0.1) is 5.92 Å². The van der Waals surface area contributed by atoms with E-state index in [4.69, 9.17) is 4.74 Å². The number of Topliss-reactive ketones (excluding diaryl/α,β-unsaturated/α-hetero) is 1. The van der Waals surface area contributed by atoms with Crippen LogP contribution in [0.1, 0.15) is 30.1 Å². The van der Waals surface area contributed by atoms with Gasteiger partial charge < -0.3 is 15.4 Å². The summed E-state index contributed by atoms with van der Waals surface area (Å²) in [6.07, 6.45) is 1.25. The lowest BCUT2D eigenvalue weighted by atomic mass is 9.89. The smallest absolute Gasteiger partial charge is 0.265 e. The van der Waals surface area contributed by atoms with Crippen LogP contribution in [0.25, 0.3) is 0 Å². The highest BCUT2D eigenvalue weighted by Crippen LogP contribution is 2.31. The first kappa shape index (κ1) is 13.1. The van der Waals surface area contributed by atoms with Gasteiger partial charge >= 0.3 is 0 Å². The largest absolute Gasteiger partial charge is 0.479 e. The van der Waals surface area contributed by atoms with Crippen molar-refractivity contribution in [1.29, 1.82) is 0 Å². The van der Waals surface area contributed by atoms with E-state index in [1.54, 1.807) is 25.1 Å². The fraction of sp³-hybridized carbons (Fsp3) is 0.467. The van der Waals surface area contributed by atoms with Crippen LogP contribution in [0.3, 0.4) is 0 Å². The molecule has 0 saturated carbocycles. The molecule has 0 aromatic heterocycles. The molecule has 20 heavy (non-hydrogen) atoms. The van der Waals surface area contributed by atoms with Gasteiger partial charge in [-0.2, -0.15) is 0 Å². The van der Waals surface area contributed by atoms with E-state index < -0.39 is 6.10 Å². The summed E-state index contributed by atoms with van der Waals surface area (Å²) < 4.78 is 5.49. The monoisotopic (exact) mass is 274 g/mol. The molecule has 1 atom stereocenters. The van der Waals surface area contributed by atoms with E-state index >= 15 is 0 Å². The number of nitrogens with one attached hydrogen (secondary N) is 2. The number of benzene rings is 1. The number of carbonyl (C=O) groups is 2. The lowest BCUT2D eigenvalue weighted by molar-refractivity contribution is -0.122. The van der Waals surface area contributed by atoms with Gasteiger partial charge in [-0.3, -0.25) is 9.59 Å². The number of fused-ring (bicyclic) bond motifs is 1. The minimum atomic E-state index is -0.492. The molecule has 2 aliphatic rings. The molecule has 5 heteroatoms. The molecular formula is C15H18N2O3. The number of piperidine rings is 1. The molecule has 0 unspecified atom stereocenters. The van der Waals surface area contributed by atoms with Gasteiger partial charge in [-0.15, -0.1) is 0 Å². The maximum Gasteiger partial charge on any atom is 0.265 e. The Kier molecular flexibility index (Phi) is 3.44. The van der Waals surface area contributed by atoms with Crippen molar-refractivity contribution in [2.75, 3.05) is 18.4 Å². The van der Waals surface area contributed by atoms with E-state index in [1.165, 1.54) is 0 Å². The number of rotatable bonds is 2. The molecule has 2 heterocycles. The molecule has 0 bridgehead atoms. The molecule has 1 saturated heterocycles. The average molecular weight is 274 g/mol. The van der Waals surface area contributed by atoms with Crippen LogP contribution in [0.2, 0.25) is 0 Å². The normalized spacial score (nSPS) is 22.6. The van der Waals surface area contributed by atoms with Crippen molar-refractivity contribution < 1.29 is 14.3 Å². The Morgan fingerprint density at radius 1 is 1.30 bits per heavy atom. The number of amides is 1. The van der Waals surface area contributed by atoms with Crippen LogP contribution in [-0.4, -0.2) is 30.9 Å². The maximum atomic E-state index is 12.5. The van der Waals surface area contributed by atoms with E-state index in [9.17, 15) is 9.59 Å². The average Bonchev–Trinajstić information content (AvgIpc) is 2.48. The quantitative estimate of drug-likeness (QED) is 0.804. The Morgan fingerprint density at radius 2 is 2.05 bits per heavy atom. The summed E-state index contributed by atoms with van der Waals surface area (Å²) >= 11 is 0. The van der Waals surface area contributed by atoms with Crippen LogP contribution in [0.15, 0.2) is 18.2 Å². The van der Waals surface area contributed by atoms with Crippen molar-refractivity contribution in [3.05, 3.63) is 23.8 Å². The molecule has 1 aromatic carbocycles. The van der Waals surface area contributed by atoms with Gasteiger partial charge in [0, 0.05) is 11.5 Å². The number of ether oxygens (including phenoxy) is 1. The summed E-state index contributed by atoms with van der Waals surface area (Å²) in [6, 6.07) is 5.27. The third kappa shape index (κ3) is 2.41. The molecule has 0 spiro atoms. The van der Waals surface area contributed by atoms with E-state index in [2.05, 4.69) is 10.6 Å². The van der Waals surface area contributed by atoms with Gasteiger partial charge in [0.05, 0.1) is 5.69 Å². The minimum Gasteiger partial charge on any atom is -0.479 e. The molecule has 1 aromatic rings. The Balaban J connectivity index is 1.83. The van der Waals surface area contributed by atoms with Gasteiger partial charge in [-0.25, -0.2) is 0 Å². The molecule has 2 aliphatic heterocycles. The van der Waals surface area contributed by atoms with Crippen LogP contribution < -0.4 is 15.4 Å². The van der Waals surface area contributed by atoms with Crippen molar-refractivity contribution in [2.45, 2.75) is 25.9 Å². The Hall–Kier alpha value is -1.88. The standard InChI is InChI=1S/C15H18N2O3/c1-9-15(19)17-12-8-11(2-3-13(12)20-9)14(18)10-4-6-16-7-5-10/h2-3,8-10,16H,4-7H2,1H3,(H,17,19)/t9-/m0/s1. The SMILES string of the molecule is C[C@@H]1Oc2ccc(C(=O)C3CCNCC3)cc2NC1=O. The van der Waals surface area contributed by atoms with Gasteiger partial charge in [0.25, 0.3) is 5.91 Å². The van der Waals surface area contributed by atoms with E-state index in [1.807, 2.05) is 0 Å². The Bertz CT molecular complexity index is 550. The second-order valence-corrected chi connectivity index (χ2v) is 5.35. The third-order valence-corrected chi connectivity index (χ3v) is 3.90. The molecular weight excluding hydrogens is 256 g/mol. The summed E-state index contributed by atoms with van der Waals surface area (Å²) in [7, 11) is 0. The second-order valence-electron chi connectivity index (χ2n) is 5.35. The summed E-state index contributed by atoms with van der Waals surface area (Å²) in [6.45, 7) is 3.48. The minimum absolute atomic E-state index is 0.0773. The Morgan fingerprint density at radius 3 is 2.80 bits per heavy atom. The molecule has 1 amide bonds. The first-order valence-electron chi connectivity index (χ1n) is 7.01. The van der Waals surface area contributed by atoms with Crippen LogP contribution in [0.4, 0.5) is 5.69 Å². The highest BCUT2D eigenvalue weighted by Gasteiger charge is 2.26. The Labute approximate surface area is 117 Å². The predicted molar refractivity (Wildman–Crippen MR) is 75.1 cm³/mol. The zero-order valence-corrected chi connectivity index (χ0v) is 11.4. The van der Waals surface area contributed by atoms with Gasteiger partial charge in [0.15, 0.2) is 11.9 Å². The van der Waals surface area contributed by atoms with Gasteiger partial charge in [0.2, 0.25) is 0 Å². The van der Waals surface area contributed by atoms with Crippen molar-refractivity contribution >= 4 is 17.4 Å². The molecule has 3 rings (SSSR count). The number of hydrogen-bond acceptors (Lipinski definition) is 4. The lowest BCUT2D eigenvalue weighted by Crippen LogP contribution is -2.34. The third-order valence-electron chi connectivity index (χ3n) is 3.90. The highest BCUT2D eigenvalue weighted by atomic mass is 16.5. The molecule has 106 valence electrons. The predicted octanol–water partition coefficient (Wildman–Crippen LogP) is 1.59. The zero-order chi connectivity index (χ0) is 14.1. The topological polar surface area (TPSA) is 67.4 Å². The van der Waals surface area contributed by atoms with Gasteiger partial charge in [0.1, 0.15) is 5.75 Å². The van der Waals surface area contributed by atoms with Crippen LogP contribution >= 0.6 is 0 Å². The summed E-state index contributed by atoms with van der Waals surface area (Å²) in [5.41, 5.74) is 1.24. The highest BCUT2D eigenvalue weighted by molar-refractivity contribution is 6.02. The number of anilines is 1. The zero-order valence-electron chi connectivity index (χ0n) is 11.4. The fourth-order valence-electron chi connectivity index (χ4n) is 2.68. The summed E-state index contributed by atoms with van der Waals surface area (Å²) in [4.78, 5) is 24.1. The first-order valence-corrected chi connectivity index (χ1v) is 7.01. The molecule has 5 nitrogen and oxygen atoms in total. The van der Waals surface area contributed by atoms with E-state index in [0.29, 0.717) is 17.0 Å². The van der Waals surface area contributed by atoms with E-state index in [-0.39, 0.29) is 17.6 Å². The number of ketones is 1. The molecule has 2 N–H and O–H groups in total. The van der Waals surface area contributed by atoms with E-state index in [0.717, 1.165) is 25.9 Å². The molecule has 0 radical (unpaired) electrons. The molecule has 1 fully saturated rings. The van der Waals surface area contributed by atoms with Crippen molar-refractivity contribution in [3.63, 3.8) is 0 Å². The number of carbonyl (C=O) groups excluding carboxylic acids is 2. The van der Waals surface area contributed by atoms with Crippen LogP contribution in [-0.2, 0) is 4.79 Å². The summed E-state index contributed by atoms with van der Waals surface area (Å²) in [5.74, 6) is 0.679. The fourth-order valence-corrected chi connectivity index (χ4v) is 2.68. The number of hydrogen-bond donors (Lipinski definition) is 2. The lowest BCUT2D eigenvalue weighted by Gasteiger charge is -2.25. The van der Waals surface area contributed by atoms with Crippen molar-refractivity contribution in [1.82, 2.24) is 5.32 Å². The van der Waals surface area contributed by atoms with Crippen LogP contribution in [0.5, 0.6) is 5.75 Å². The van der Waals surface area contributed by atoms with Gasteiger partial charge in [-0.05, 0) is 51.1 Å². The van der Waals surface area contributed by atoms with Crippen molar-refractivity contribution in [3.8, 4) is 5.75 Å². The van der Waals surface area contributed by atoms with Crippen molar-refractivity contribution in [2.24, 2.45) is 5.92 Å². The first-order chi connectivity index (χ1) is 9.65. The maximum absolute atomic E-state index is 12.5. The van der Waals surface area contributed by atoms with Gasteiger partial charge in [-0.1, -0.05) is 0 Å². The summed E-state index contributed by atoms with van der Waals surface area (Å²) in [5, 5.41) is 6.03.